The number of sulfonamides is 1. The molecule has 0 amide bonds. The van der Waals surface area contributed by atoms with Crippen LogP contribution >= 0.6 is 0 Å². The molecule has 1 rings (SSSR count). The van der Waals surface area contributed by atoms with Crippen molar-refractivity contribution >= 4 is 10.0 Å². The summed E-state index contributed by atoms with van der Waals surface area (Å²) in [4.78, 5) is 0. The molecule has 74 valence electrons. The average Bonchev–Trinajstić information content (AvgIpc) is 2.08. The van der Waals surface area contributed by atoms with Gasteiger partial charge < -0.3 is 0 Å². The predicted octanol–water partition coefficient (Wildman–Crippen LogP) is 0.825. The molecule has 0 atom stereocenters. The third kappa shape index (κ3) is 3.02. The minimum absolute atomic E-state index is 0.309. The Hall–Kier alpha value is -0.530. The second kappa shape index (κ2) is 4.64. The van der Waals surface area contributed by atoms with Crippen LogP contribution in [0.3, 0.4) is 0 Å². The van der Waals surface area contributed by atoms with Crippen LogP contribution in [0.4, 0.5) is 0 Å². The smallest absolute Gasteiger partial charge is 0.212 e. The van der Waals surface area contributed by atoms with Gasteiger partial charge in [0, 0.05) is 19.5 Å². The first kappa shape index (κ1) is 10.6. The lowest BCUT2D eigenvalue weighted by molar-refractivity contribution is 0.380. The molecule has 0 N–H and O–H groups in total. The van der Waals surface area contributed by atoms with E-state index in [1.807, 2.05) is 0 Å². The molecule has 0 radical (unpaired) electrons. The Morgan fingerprint density at radius 2 is 2.15 bits per heavy atom. The van der Waals surface area contributed by atoms with Gasteiger partial charge in [0.1, 0.15) is 0 Å². The van der Waals surface area contributed by atoms with E-state index in [2.05, 4.69) is 5.92 Å². The molecule has 0 unspecified atom stereocenters. The van der Waals surface area contributed by atoms with Crippen LogP contribution in [-0.4, -0.2) is 31.6 Å². The molecule has 1 heterocycles. The fraction of sp³-hybridized carbons (Fsp3) is 0.778. The van der Waals surface area contributed by atoms with Crippen molar-refractivity contribution in [2.24, 2.45) is 0 Å². The molecule has 0 saturated carbocycles. The summed E-state index contributed by atoms with van der Waals surface area (Å²) in [6, 6.07) is 0. The first-order valence-corrected chi connectivity index (χ1v) is 6.19. The number of nitrogens with zero attached hydrogens (tertiary/aromatic N) is 1. The van der Waals surface area contributed by atoms with Gasteiger partial charge in [0.2, 0.25) is 10.0 Å². The van der Waals surface area contributed by atoms with Crippen molar-refractivity contribution in [2.75, 3.05) is 18.8 Å². The van der Waals surface area contributed by atoms with Gasteiger partial charge in [-0.2, -0.15) is 0 Å². The molecule has 0 aliphatic carbocycles. The highest BCUT2D eigenvalue weighted by molar-refractivity contribution is 7.89. The minimum atomic E-state index is -2.94. The largest absolute Gasteiger partial charge is 0.214 e. The van der Waals surface area contributed by atoms with E-state index in [0.29, 0.717) is 25.3 Å². The zero-order valence-corrected chi connectivity index (χ0v) is 8.52. The topological polar surface area (TPSA) is 37.4 Å². The molecule has 0 aromatic rings. The van der Waals surface area contributed by atoms with Gasteiger partial charge in [0.05, 0.1) is 5.75 Å². The summed E-state index contributed by atoms with van der Waals surface area (Å²) in [5.41, 5.74) is 0. The van der Waals surface area contributed by atoms with Crippen LogP contribution in [-0.2, 0) is 10.0 Å². The van der Waals surface area contributed by atoms with E-state index in [0.717, 1.165) is 19.3 Å². The Morgan fingerprint density at radius 3 is 2.77 bits per heavy atom. The molecule has 1 aliphatic rings. The highest BCUT2D eigenvalue weighted by Crippen LogP contribution is 2.13. The van der Waals surface area contributed by atoms with Crippen LogP contribution in [0.1, 0.15) is 25.7 Å². The fourth-order valence-corrected chi connectivity index (χ4v) is 3.09. The van der Waals surface area contributed by atoms with Gasteiger partial charge in [0.15, 0.2) is 0 Å². The predicted molar refractivity (Wildman–Crippen MR) is 52.7 cm³/mol. The lowest BCUT2D eigenvalue weighted by atomic mass is 10.3. The molecule has 1 aliphatic heterocycles. The molecule has 0 aromatic heterocycles. The summed E-state index contributed by atoms with van der Waals surface area (Å²) in [6.07, 6.45) is 8.31. The number of unbranched alkanes of at least 4 members (excludes halogenated alkanes) is 1. The van der Waals surface area contributed by atoms with Gasteiger partial charge in [-0.3, -0.25) is 0 Å². The summed E-state index contributed by atoms with van der Waals surface area (Å²) in [7, 11) is -2.94. The van der Waals surface area contributed by atoms with E-state index >= 15 is 0 Å². The second-order valence-corrected chi connectivity index (χ2v) is 5.32. The van der Waals surface area contributed by atoms with E-state index in [4.69, 9.17) is 6.42 Å². The van der Waals surface area contributed by atoms with E-state index in [9.17, 15) is 8.42 Å². The van der Waals surface area contributed by atoms with E-state index in [-0.39, 0.29) is 0 Å². The van der Waals surface area contributed by atoms with Crippen molar-refractivity contribution in [1.82, 2.24) is 4.31 Å². The molecule has 4 heteroatoms. The summed E-state index contributed by atoms with van der Waals surface area (Å²) in [5, 5.41) is 0. The van der Waals surface area contributed by atoms with Crippen LogP contribution in [0.25, 0.3) is 0 Å². The van der Waals surface area contributed by atoms with Crippen molar-refractivity contribution < 1.29 is 8.42 Å². The molecule has 0 aromatic carbocycles. The molecular weight excluding hydrogens is 186 g/mol. The third-order valence-electron chi connectivity index (χ3n) is 2.18. The molecular formula is C9H15NO2S. The normalized spacial score (nSPS) is 22.4. The summed E-state index contributed by atoms with van der Waals surface area (Å²) >= 11 is 0. The maximum Gasteiger partial charge on any atom is 0.214 e. The van der Waals surface area contributed by atoms with Crippen molar-refractivity contribution in [3.8, 4) is 12.3 Å². The SMILES string of the molecule is C#CCCCN1CCCCS1(=O)=O. The second-order valence-electron chi connectivity index (χ2n) is 3.23. The lowest BCUT2D eigenvalue weighted by Gasteiger charge is -2.25. The first-order valence-electron chi connectivity index (χ1n) is 4.58. The summed E-state index contributed by atoms with van der Waals surface area (Å²) in [5.74, 6) is 2.82. The zero-order valence-electron chi connectivity index (χ0n) is 7.70. The molecule has 0 spiro atoms. The highest BCUT2D eigenvalue weighted by atomic mass is 32.2. The summed E-state index contributed by atoms with van der Waals surface area (Å²) < 4.78 is 24.5. The van der Waals surface area contributed by atoms with Crippen LogP contribution < -0.4 is 0 Å². The molecule has 1 fully saturated rings. The minimum Gasteiger partial charge on any atom is -0.212 e. The van der Waals surface area contributed by atoms with Crippen molar-refractivity contribution in [2.45, 2.75) is 25.7 Å². The zero-order chi connectivity index (χ0) is 9.73. The van der Waals surface area contributed by atoms with E-state index in [1.165, 1.54) is 0 Å². The summed E-state index contributed by atoms with van der Waals surface area (Å²) in [6.45, 7) is 1.26. The number of rotatable bonds is 3. The Labute approximate surface area is 80.2 Å². The molecule has 0 bridgehead atoms. The quantitative estimate of drug-likeness (QED) is 0.501. The number of hydrogen-bond donors (Lipinski definition) is 0. The highest BCUT2D eigenvalue weighted by Gasteiger charge is 2.24. The van der Waals surface area contributed by atoms with Gasteiger partial charge in [-0.1, -0.05) is 0 Å². The fourth-order valence-electron chi connectivity index (χ4n) is 1.45. The van der Waals surface area contributed by atoms with Crippen molar-refractivity contribution in [3.05, 3.63) is 0 Å². The van der Waals surface area contributed by atoms with Gasteiger partial charge in [-0.05, 0) is 19.3 Å². The van der Waals surface area contributed by atoms with Gasteiger partial charge >= 0.3 is 0 Å². The monoisotopic (exact) mass is 201 g/mol. The van der Waals surface area contributed by atoms with Crippen LogP contribution in [0.2, 0.25) is 0 Å². The van der Waals surface area contributed by atoms with E-state index in [1.54, 1.807) is 4.31 Å². The Kier molecular flexibility index (Phi) is 3.76. The standard InChI is InChI=1S/C9H15NO2S/c1-2-3-4-7-10-8-5-6-9-13(10,11)12/h1H,3-9H2. The van der Waals surface area contributed by atoms with Crippen molar-refractivity contribution in [3.63, 3.8) is 0 Å². The molecule has 1 saturated heterocycles. The number of hydrogen-bond acceptors (Lipinski definition) is 2. The van der Waals surface area contributed by atoms with Gasteiger partial charge in [0.25, 0.3) is 0 Å². The van der Waals surface area contributed by atoms with Crippen LogP contribution in [0.5, 0.6) is 0 Å². The van der Waals surface area contributed by atoms with Gasteiger partial charge in [-0.25, -0.2) is 12.7 Å². The first-order chi connectivity index (χ1) is 6.17. The van der Waals surface area contributed by atoms with E-state index < -0.39 is 10.0 Å². The van der Waals surface area contributed by atoms with Gasteiger partial charge in [-0.15, -0.1) is 12.3 Å². The Morgan fingerprint density at radius 1 is 1.38 bits per heavy atom. The third-order valence-corrected chi connectivity index (χ3v) is 4.14. The maximum absolute atomic E-state index is 11.5. The van der Waals surface area contributed by atoms with Crippen LogP contribution in [0.15, 0.2) is 0 Å². The Bertz CT molecular complexity index is 289. The lowest BCUT2D eigenvalue weighted by Crippen LogP contribution is -2.38. The van der Waals surface area contributed by atoms with Crippen molar-refractivity contribution in [1.29, 1.82) is 0 Å². The molecule has 13 heavy (non-hydrogen) atoms. The Balaban J connectivity index is 2.43. The average molecular weight is 201 g/mol. The maximum atomic E-state index is 11.5. The van der Waals surface area contributed by atoms with Crippen LogP contribution in [0, 0.1) is 12.3 Å². The number of terminal acetylenes is 1. The molecule has 3 nitrogen and oxygen atoms in total.